The molecule has 28 heavy (non-hydrogen) atoms. The Kier molecular flexibility index (Phi) is 18.2. The lowest BCUT2D eigenvalue weighted by Gasteiger charge is -2.31. The Morgan fingerprint density at radius 1 is 0.929 bits per heavy atom. The normalized spacial score (nSPS) is 15.6. The average Bonchev–Trinajstić information content (AvgIpc) is 2.71. The Balaban J connectivity index is 0. The second-order valence-corrected chi connectivity index (χ2v) is 5.56. The van der Waals surface area contributed by atoms with Crippen LogP contribution in [0.2, 0.25) is 0 Å². The zero-order valence-electron chi connectivity index (χ0n) is 17.9. The number of ether oxygens (including phenoxy) is 2. The standard InChI is InChI=1S/C16H27NO7.2C2H6/c1-10(18)13(9-24-12-5-3-11(19)4-6-12)14(20)15(21)16(22)23-8-7-17-2;2*1-2/h3-6,10,13-22H,7-9H2,1-2H3;2*1-2H3/t10?,13?,14?,15-,16?;;/m0../s1. The van der Waals surface area contributed by atoms with E-state index < -0.39 is 30.5 Å². The molecule has 4 unspecified atom stereocenters. The largest absolute Gasteiger partial charge is 0.508 e. The summed E-state index contributed by atoms with van der Waals surface area (Å²) in [4.78, 5) is 0. The molecule has 0 heterocycles. The van der Waals surface area contributed by atoms with Crippen LogP contribution >= 0.6 is 0 Å². The van der Waals surface area contributed by atoms with Gasteiger partial charge in [0.1, 0.15) is 17.6 Å². The van der Waals surface area contributed by atoms with Crippen molar-refractivity contribution in [1.82, 2.24) is 5.32 Å². The molecule has 0 saturated heterocycles. The second-order valence-electron chi connectivity index (χ2n) is 5.56. The number of rotatable bonds is 11. The molecular weight excluding hydrogens is 366 g/mol. The van der Waals surface area contributed by atoms with E-state index in [0.717, 1.165) is 0 Å². The topological polar surface area (TPSA) is 132 Å². The van der Waals surface area contributed by atoms with Crippen LogP contribution in [0.4, 0.5) is 0 Å². The van der Waals surface area contributed by atoms with Gasteiger partial charge in [-0.2, -0.15) is 0 Å². The minimum absolute atomic E-state index is 0.0896. The van der Waals surface area contributed by atoms with E-state index >= 15 is 0 Å². The fourth-order valence-corrected chi connectivity index (χ4v) is 2.06. The number of hydrogen-bond acceptors (Lipinski definition) is 8. The van der Waals surface area contributed by atoms with Crippen LogP contribution in [0.15, 0.2) is 24.3 Å². The van der Waals surface area contributed by atoms with Gasteiger partial charge in [0.2, 0.25) is 0 Å². The predicted molar refractivity (Wildman–Crippen MR) is 109 cm³/mol. The van der Waals surface area contributed by atoms with Gasteiger partial charge in [0, 0.05) is 12.5 Å². The zero-order chi connectivity index (χ0) is 22.1. The van der Waals surface area contributed by atoms with Crippen LogP contribution < -0.4 is 10.1 Å². The van der Waals surface area contributed by atoms with Crippen molar-refractivity contribution in [3.63, 3.8) is 0 Å². The maximum Gasteiger partial charge on any atom is 0.183 e. The molecule has 1 aromatic carbocycles. The summed E-state index contributed by atoms with van der Waals surface area (Å²) in [6.45, 7) is 9.99. The van der Waals surface area contributed by atoms with E-state index in [0.29, 0.717) is 12.3 Å². The number of aliphatic hydroxyl groups excluding tert-OH is 4. The van der Waals surface area contributed by atoms with Crippen molar-refractivity contribution in [1.29, 1.82) is 0 Å². The monoisotopic (exact) mass is 405 g/mol. The Hall–Kier alpha value is -1.42. The third-order valence-electron chi connectivity index (χ3n) is 3.62. The van der Waals surface area contributed by atoms with E-state index in [-0.39, 0.29) is 19.0 Å². The Bertz CT molecular complexity index is 456. The molecule has 0 amide bonds. The predicted octanol–water partition coefficient (Wildman–Crippen LogP) is 1.10. The lowest BCUT2D eigenvalue weighted by atomic mass is 9.93. The van der Waals surface area contributed by atoms with Crippen LogP contribution in [0.3, 0.4) is 0 Å². The molecule has 0 radical (unpaired) electrons. The highest BCUT2D eigenvalue weighted by Crippen LogP contribution is 2.20. The Morgan fingerprint density at radius 2 is 1.46 bits per heavy atom. The number of nitrogens with one attached hydrogen (secondary N) is 1. The summed E-state index contributed by atoms with van der Waals surface area (Å²) in [5, 5.41) is 51.8. The fraction of sp³-hybridized carbons (Fsp3) is 0.700. The minimum atomic E-state index is -1.59. The first-order chi connectivity index (χ1) is 13.4. The molecule has 6 N–H and O–H groups in total. The SMILES string of the molecule is CC.CC.CNCCOC(O)[C@@H](O)C(O)C(COc1ccc(O)cc1)C(C)O. The van der Waals surface area contributed by atoms with Crippen molar-refractivity contribution in [3.05, 3.63) is 24.3 Å². The molecule has 5 atom stereocenters. The lowest BCUT2D eigenvalue weighted by Crippen LogP contribution is -2.48. The first kappa shape index (κ1) is 28.8. The van der Waals surface area contributed by atoms with E-state index in [1.54, 1.807) is 7.05 Å². The molecule has 166 valence electrons. The van der Waals surface area contributed by atoms with Gasteiger partial charge >= 0.3 is 0 Å². The molecule has 0 saturated carbocycles. The van der Waals surface area contributed by atoms with Crippen molar-refractivity contribution < 1.29 is 35.0 Å². The molecule has 0 fully saturated rings. The summed E-state index contributed by atoms with van der Waals surface area (Å²) < 4.78 is 10.5. The van der Waals surface area contributed by atoms with Gasteiger partial charge in [-0.05, 0) is 38.2 Å². The molecule has 0 bridgehead atoms. The molecule has 0 spiro atoms. The van der Waals surface area contributed by atoms with Crippen molar-refractivity contribution in [3.8, 4) is 11.5 Å². The van der Waals surface area contributed by atoms with Gasteiger partial charge in [0.05, 0.1) is 25.4 Å². The van der Waals surface area contributed by atoms with Gasteiger partial charge < -0.3 is 40.3 Å². The second kappa shape index (κ2) is 17.7. The van der Waals surface area contributed by atoms with Crippen LogP contribution in [0.1, 0.15) is 34.6 Å². The van der Waals surface area contributed by atoms with Gasteiger partial charge in [-0.1, -0.05) is 27.7 Å². The third kappa shape index (κ3) is 11.4. The van der Waals surface area contributed by atoms with Gasteiger partial charge in [-0.25, -0.2) is 0 Å². The van der Waals surface area contributed by atoms with Crippen molar-refractivity contribution >= 4 is 0 Å². The van der Waals surface area contributed by atoms with E-state index in [4.69, 9.17) is 9.47 Å². The number of aliphatic hydroxyl groups is 4. The van der Waals surface area contributed by atoms with E-state index in [1.807, 2.05) is 27.7 Å². The highest BCUT2D eigenvalue weighted by molar-refractivity contribution is 5.30. The molecule has 0 aliphatic heterocycles. The molecule has 8 heteroatoms. The van der Waals surface area contributed by atoms with Crippen molar-refractivity contribution in [2.75, 3.05) is 26.8 Å². The maximum atomic E-state index is 10.2. The van der Waals surface area contributed by atoms with Gasteiger partial charge in [-0.15, -0.1) is 0 Å². The molecule has 8 nitrogen and oxygen atoms in total. The maximum absolute atomic E-state index is 10.2. The van der Waals surface area contributed by atoms with Crippen LogP contribution in [0.25, 0.3) is 0 Å². The number of aromatic hydroxyl groups is 1. The van der Waals surface area contributed by atoms with Crippen LogP contribution in [0, 0.1) is 5.92 Å². The van der Waals surface area contributed by atoms with E-state index in [2.05, 4.69) is 5.32 Å². The highest BCUT2D eigenvalue weighted by Gasteiger charge is 2.35. The quantitative estimate of drug-likeness (QED) is 0.238. The third-order valence-corrected chi connectivity index (χ3v) is 3.62. The first-order valence-electron chi connectivity index (χ1n) is 9.77. The Labute approximate surface area is 168 Å². The van der Waals surface area contributed by atoms with Crippen LogP contribution in [0.5, 0.6) is 11.5 Å². The van der Waals surface area contributed by atoms with Crippen LogP contribution in [-0.4, -0.2) is 76.9 Å². The molecule has 0 aliphatic rings. The summed E-state index contributed by atoms with van der Waals surface area (Å²) >= 11 is 0. The summed E-state index contributed by atoms with van der Waals surface area (Å²) in [5.74, 6) is -0.325. The fourth-order valence-electron chi connectivity index (χ4n) is 2.06. The van der Waals surface area contributed by atoms with E-state index in [9.17, 15) is 25.5 Å². The molecule has 1 rings (SSSR count). The summed E-state index contributed by atoms with van der Waals surface area (Å²) in [5.41, 5.74) is 0. The Morgan fingerprint density at radius 3 is 1.93 bits per heavy atom. The van der Waals surface area contributed by atoms with Gasteiger partial charge in [-0.3, -0.25) is 0 Å². The lowest BCUT2D eigenvalue weighted by molar-refractivity contribution is -0.201. The van der Waals surface area contributed by atoms with Crippen molar-refractivity contribution in [2.45, 2.75) is 59.2 Å². The first-order valence-corrected chi connectivity index (χ1v) is 9.77. The molecule has 0 aromatic heterocycles. The smallest absolute Gasteiger partial charge is 0.183 e. The van der Waals surface area contributed by atoms with Gasteiger partial charge in [0.15, 0.2) is 6.29 Å². The zero-order valence-corrected chi connectivity index (χ0v) is 17.9. The number of phenols is 1. The number of benzene rings is 1. The summed E-state index contributed by atoms with van der Waals surface area (Å²) in [6, 6.07) is 5.95. The van der Waals surface area contributed by atoms with Crippen molar-refractivity contribution in [2.24, 2.45) is 5.92 Å². The van der Waals surface area contributed by atoms with E-state index in [1.165, 1.54) is 31.2 Å². The molecule has 0 aliphatic carbocycles. The highest BCUT2D eigenvalue weighted by atomic mass is 16.6. The van der Waals surface area contributed by atoms with Gasteiger partial charge in [0.25, 0.3) is 0 Å². The number of hydrogen-bond donors (Lipinski definition) is 6. The average molecular weight is 406 g/mol. The minimum Gasteiger partial charge on any atom is -0.508 e. The molecular formula is C20H39NO7. The summed E-state index contributed by atoms with van der Waals surface area (Å²) in [6.07, 6.45) is -5.61. The molecule has 1 aromatic rings. The number of phenolic OH excluding ortho intramolecular Hbond substituents is 1. The van der Waals surface area contributed by atoms with Crippen LogP contribution in [-0.2, 0) is 4.74 Å². The summed E-state index contributed by atoms with van der Waals surface area (Å²) in [7, 11) is 1.71. The number of likely N-dealkylation sites (N-methyl/N-ethyl adjacent to an activating group) is 1.